The number of nitrogens with zero attached hydrogens (tertiary/aromatic N) is 1. The molecule has 118 valence electrons. The maximum atomic E-state index is 13.8. The lowest BCUT2D eigenvalue weighted by atomic mass is 10.1. The summed E-state index contributed by atoms with van der Waals surface area (Å²) in [6, 6.07) is 1.95. The number of likely N-dealkylation sites (N-methyl/N-ethyl adjacent to an activating group) is 1. The van der Waals surface area contributed by atoms with Gasteiger partial charge in [0, 0.05) is 12.6 Å². The van der Waals surface area contributed by atoms with Gasteiger partial charge in [0.2, 0.25) is 10.0 Å². The number of likely N-dealkylation sites (tertiary alicyclic amines) is 1. The van der Waals surface area contributed by atoms with Gasteiger partial charge in [0.25, 0.3) is 0 Å². The highest BCUT2D eigenvalue weighted by atomic mass is 32.2. The average Bonchev–Trinajstić information content (AvgIpc) is 2.37. The SMILES string of the molecule is COc1c(N)cc(S(=O)(=O)NC2CCCN(C)C2)cc1F. The zero-order chi connectivity index (χ0) is 15.6. The van der Waals surface area contributed by atoms with Gasteiger partial charge in [0.1, 0.15) is 0 Å². The van der Waals surface area contributed by atoms with E-state index in [1.54, 1.807) is 0 Å². The first-order chi connectivity index (χ1) is 9.83. The Morgan fingerprint density at radius 3 is 2.76 bits per heavy atom. The Bertz CT molecular complexity index is 598. The summed E-state index contributed by atoms with van der Waals surface area (Å²) in [6.45, 7) is 1.58. The third kappa shape index (κ3) is 3.63. The molecule has 0 aromatic heterocycles. The lowest BCUT2D eigenvalue weighted by Crippen LogP contribution is -2.46. The minimum atomic E-state index is -3.81. The van der Waals surface area contributed by atoms with Gasteiger partial charge in [-0.05, 0) is 38.6 Å². The maximum Gasteiger partial charge on any atom is 0.241 e. The Kier molecular flexibility index (Phi) is 4.70. The van der Waals surface area contributed by atoms with E-state index in [1.807, 2.05) is 7.05 Å². The van der Waals surface area contributed by atoms with Crippen LogP contribution in [0.3, 0.4) is 0 Å². The molecule has 0 bridgehead atoms. The highest BCUT2D eigenvalue weighted by molar-refractivity contribution is 7.89. The predicted molar refractivity (Wildman–Crippen MR) is 78.2 cm³/mol. The molecule has 0 aliphatic carbocycles. The van der Waals surface area contributed by atoms with Crippen LogP contribution in [0.1, 0.15) is 12.8 Å². The Morgan fingerprint density at radius 2 is 2.19 bits per heavy atom. The Morgan fingerprint density at radius 1 is 1.48 bits per heavy atom. The first-order valence-electron chi connectivity index (χ1n) is 6.67. The van der Waals surface area contributed by atoms with Gasteiger partial charge in [-0.15, -0.1) is 0 Å². The molecule has 1 fully saturated rings. The molecular formula is C13H20FN3O3S. The van der Waals surface area contributed by atoms with Crippen molar-refractivity contribution in [2.24, 2.45) is 0 Å². The minimum Gasteiger partial charge on any atom is -0.492 e. The molecule has 1 aromatic rings. The van der Waals surface area contributed by atoms with E-state index in [9.17, 15) is 12.8 Å². The Labute approximate surface area is 124 Å². The van der Waals surface area contributed by atoms with Crippen molar-refractivity contribution in [2.75, 3.05) is 33.0 Å². The lowest BCUT2D eigenvalue weighted by Gasteiger charge is -2.30. The van der Waals surface area contributed by atoms with E-state index in [0.29, 0.717) is 6.54 Å². The number of rotatable bonds is 4. The first kappa shape index (κ1) is 16.0. The molecule has 0 saturated carbocycles. The number of nitrogen functional groups attached to an aromatic ring is 1. The molecule has 1 heterocycles. The number of nitrogens with two attached hydrogens (primary N) is 1. The van der Waals surface area contributed by atoms with Crippen LogP contribution < -0.4 is 15.2 Å². The number of nitrogens with one attached hydrogen (secondary N) is 1. The van der Waals surface area contributed by atoms with Gasteiger partial charge in [0.15, 0.2) is 11.6 Å². The van der Waals surface area contributed by atoms with Gasteiger partial charge in [-0.3, -0.25) is 0 Å². The van der Waals surface area contributed by atoms with Crippen molar-refractivity contribution in [3.05, 3.63) is 17.9 Å². The zero-order valence-electron chi connectivity index (χ0n) is 12.1. The van der Waals surface area contributed by atoms with Gasteiger partial charge < -0.3 is 15.4 Å². The van der Waals surface area contributed by atoms with Crippen molar-refractivity contribution < 1.29 is 17.5 Å². The van der Waals surface area contributed by atoms with E-state index in [2.05, 4.69) is 9.62 Å². The molecule has 6 nitrogen and oxygen atoms in total. The summed E-state index contributed by atoms with van der Waals surface area (Å²) in [5.41, 5.74) is 5.58. The highest BCUT2D eigenvalue weighted by Gasteiger charge is 2.25. The van der Waals surface area contributed by atoms with Gasteiger partial charge in [0.05, 0.1) is 17.7 Å². The smallest absolute Gasteiger partial charge is 0.241 e. The van der Waals surface area contributed by atoms with E-state index >= 15 is 0 Å². The number of anilines is 1. The number of halogens is 1. The third-order valence-electron chi connectivity index (χ3n) is 3.51. The van der Waals surface area contributed by atoms with E-state index in [-0.39, 0.29) is 22.4 Å². The fourth-order valence-electron chi connectivity index (χ4n) is 2.51. The number of hydrogen-bond acceptors (Lipinski definition) is 5. The van der Waals surface area contributed by atoms with Crippen molar-refractivity contribution in [1.82, 2.24) is 9.62 Å². The molecule has 0 radical (unpaired) electrons. The molecule has 1 saturated heterocycles. The predicted octanol–water partition coefficient (Wildman–Crippen LogP) is 0.789. The van der Waals surface area contributed by atoms with Crippen LogP contribution in [-0.2, 0) is 10.0 Å². The number of benzene rings is 1. The van der Waals surface area contributed by atoms with Crippen LogP contribution >= 0.6 is 0 Å². The molecule has 3 N–H and O–H groups in total. The number of sulfonamides is 1. The van der Waals surface area contributed by atoms with Crippen LogP contribution in [0.25, 0.3) is 0 Å². The third-order valence-corrected chi connectivity index (χ3v) is 5.01. The van der Waals surface area contributed by atoms with Gasteiger partial charge in [-0.2, -0.15) is 0 Å². The summed E-state index contributed by atoms with van der Waals surface area (Å²) in [5, 5.41) is 0. The summed E-state index contributed by atoms with van der Waals surface area (Å²) >= 11 is 0. The van der Waals surface area contributed by atoms with Crippen molar-refractivity contribution in [2.45, 2.75) is 23.8 Å². The monoisotopic (exact) mass is 317 g/mol. The molecule has 1 aromatic carbocycles. The van der Waals surface area contributed by atoms with Gasteiger partial charge in [-0.1, -0.05) is 0 Å². The van der Waals surface area contributed by atoms with Crippen molar-refractivity contribution in [1.29, 1.82) is 0 Å². The maximum absolute atomic E-state index is 13.8. The molecule has 1 aliphatic rings. The molecule has 1 atom stereocenters. The molecule has 21 heavy (non-hydrogen) atoms. The first-order valence-corrected chi connectivity index (χ1v) is 8.15. The number of hydrogen-bond donors (Lipinski definition) is 2. The second kappa shape index (κ2) is 6.17. The van der Waals surface area contributed by atoms with Crippen LogP contribution in [0.4, 0.5) is 10.1 Å². The van der Waals surface area contributed by atoms with Crippen LogP contribution in [0.15, 0.2) is 17.0 Å². The molecule has 0 amide bonds. The Balaban J connectivity index is 2.23. The zero-order valence-corrected chi connectivity index (χ0v) is 12.9. The number of piperidine rings is 1. The molecule has 8 heteroatoms. The van der Waals surface area contributed by atoms with Crippen LogP contribution in [0.2, 0.25) is 0 Å². The number of methoxy groups -OCH3 is 1. The van der Waals surface area contributed by atoms with Crippen molar-refractivity contribution in [3.63, 3.8) is 0 Å². The molecule has 1 unspecified atom stereocenters. The summed E-state index contributed by atoms with van der Waals surface area (Å²) in [7, 11) is -0.593. The van der Waals surface area contributed by atoms with E-state index in [1.165, 1.54) is 13.2 Å². The number of ether oxygens (including phenoxy) is 1. The highest BCUT2D eigenvalue weighted by Crippen LogP contribution is 2.28. The standard InChI is InChI=1S/C13H20FN3O3S/c1-17-5-3-4-9(8-17)16-21(18,19)10-6-11(14)13(20-2)12(15)7-10/h6-7,9,16H,3-5,8,15H2,1-2H3. The van der Waals surface area contributed by atoms with E-state index < -0.39 is 15.8 Å². The van der Waals surface area contributed by atoms with Crippen molar-refractivity contribution >= 4 is 15.7 Å². The molecular weight excluding hydrogens is 297 g/mol. The fraction of sp³-hybridized carbons (Fsp3) is 0.538. The summed E-state index contributed by atoms with van der Waals surface area (Å²) in [5.74, 6) is -0.940. The summed E-state index contributed by atoms with van der Waals surface area (Å²) < 4.78 is 45.8. The second-order valence-corrected chi connectivity index (χ2v) is 6.96. The molecule has 2 rings (SSSR count). The largest absolute Gasteiger partial charge is 0.492 e. The fourth-order valence-corrected chi connectivity index (χ4v) is 3.82. The van der Waals surface area contributed by atoms with Crippen LogP contribution in [0, 0.1) is 5.82 Å². The topological polar surface area (TPSA) is 84.7 Å². The lowest BCUT2D eigenvalue weighted by molar-refractivity contribution is 0.242. The normalized spacial score (nSPS) is 20.4. The van der Waals surface area contributed by atoms with E-state index in [4.69, 9.17) is 10.5 Å². The van der Waals surface area contributed by atoms with Gasteiger partial charge in [-0.25, -0.2) is 17.5 Å². The second-order valence-electron chi connectivity index (χ2n) is 5.25. The molecule has 0 spiro atoms. The molecule has 1 aliphatic heterocycles. The average molecular weight is 317 g/mol. The Hall–Kier alpha value is -1.38. The summed E-state index contributed by atoms with van der Waals surface area (Å²) in [6.07, 6.45) is 1.68. The van der Waals surface area contributed by atoms with Crippen LogP contribution in [0.5, 0.6) is 5.75 Å². The minimum absolute atomic E-state index is 0.0429. The van der Waals surface area contributed by atoms with Gasteiger partial charge >= 0.3 is 0 Å². The van der Waals surface area contributed by atoms with E-state index in [0.717, 1.165) is 25.5 Å². The van der Waals surface area contributed by atoms with Crippen molar-refractivity contribution in [3.8, 4) is 5.75 Å². The van der Waals surface area contributed by atoms with Crippen LogP contribution in [-0.4, -0.2) is 46.6 Å². The summed E-state index contributed by atoms with van der Waals surface area (Å²) in [4.78, 5) is 1.87. The quantitative estimate of drug-likeness (QED) is 0.802.